The fourth-order valence-corrected chi connectivity index (χ4v) is 5.01. The molecule has 0 aliphatic carbocycles. The molecule has 1 aliphatic rings. The van der Waals surface area contributed by atoms with Crippen molar-refractivity contribution in [2.24, 2.45) is 0 Å². The third-order valence-corrected chi connectivity index (χ3v) is 6.98. The summed E-state index contributed by atoms with van der Waals surface area (Å²) in [5.74, 6) is -0.0340. The lowest BCUT2D eigenvalue weighted by molar-refractivity contribution is 0.0204. The number of aliphatic hydroxyl groups excluding tert-OH is 2. The smallest absolute Gasteiger partial charge is 0.248 e. The van der Waals surface area contributed by atoms with Gasteiger partial charge in [0.05, 0.1) is 30.9 Å². The zero-order chi connectivity index (χ0) is 25.5. The number of likely N-dealkylation sites (tertiary alicyclic amines) is 1. The molecule has 1 saturated heterocycles. The van der Waals surface area contributed by atoms with E-state index in [9.17, 15) is 20.1 Å². The summed E-state index contributed by atoms with van der Waals surface area (Å²) in [6, 6.07) is 14.1. The third kappa shape index (κ3) is 7.06. The van der Waals surface area contributed by atoms with Gasteiger partial charge in [0.1, 0.15) is 5.75 Å². The number of fused-ring (bicyclic) bond motifs is 1. The number of aromatic hydroxyl groups is 1. The highest BCUT2D eigenvalue weighted by atomic mass is 35.5. The molecule has 36 heavy (non-hydrogen) atoms. The molecule has 0 saturated carbocycles. The number of piperidine rings is 1. The minimum Gasteiger partial charge on any atom is -0.506 e. The number of halogens is 1. The van der Waals surface area contributed by atoms with E-state index in [0.717, 1.165) is 36.5 Å². The summed E-state index contributed by atoms with van der Waals surface area (Å²) in [6.07, 6.45) is 1.05. The Morgan fingerprint density at radius 2 is 2.06 bits per heavy atom. The summed E-state index contributed by atoms with van der Waals surface area (Å²) < 4.78 is 5.86. The normalized spacial score (nSPS) is 19.5. The number of aromatic amines is 1. The Morgan fingerprint density at radius 3 is 2.89 bits per heavy atom. The average molecular weight is 516 g/mol. The molecule has 0 bridgehead atoms. The molecule has 2 heterocycles. The van der Waals surface area contributed by atoms with Crippen LogP contribution in [0.1, 0.15) is 30.1 Å². The predicted molar refractivity (Wildman–Crippen MR) is 141 cm³/mol. The Balaban J connectivity index is 1.26. The number of hydrogen-bond acceptors (Lipinski definition) is 7. The number of ether oxygens (including phenoxy) is 1. The number of benzene rings is 2. The summed E-state index contributed by atoms with van der Waals surface area (Å²) in [7, 11) is 0. The van der Waals surface area contributed by atoms with Gasteiger partial charge in [0.15, 0.2) is 0 Å². The maximum absolute atomic E-state index is 11.6. The first kappa shape index (κ1) is 26.6. The van der Waals surface area contributed by atoms with Crippen molar-refractivity contribution >= 4 is 22.5 Å². The topological polar surface area (TPSA) is 118 Å². The lowest BCUT2D eigenvalue weighted by Crippen LogP contribution is -2.50. The zero-order valence-corrected chi connectivity index (χ0v) is 21.0. The molecule has 8 nitrogen and oxygen atoms in total. The van der Waals surface area contributed by atoms with Crippen LogP contribution in [0.2, 0.25) is 5.02 Å². The van der Waals surface area contributed by atoms with Crippen molar-refractivity contribution in [3.63, 3.8) is 0 Å². The fraction of sp³-hybridized carbons (Fsp3) is 0.444. The van der Waals surface area contributed by atoms with Crippen molar-refractivity contribution in [2.45, 2.75) is 37.5 Å². The molecule has 2 unspecified atom stereocenters. The van der Waals surface area contributed by atoms with E-state index in [-0.39, 0.29) is 23.5 Å². The van der Waals surface area contributed by atoms with E-state index in [2.05, 4.69) is 15.2 Å². The first-order chi connectivity index (χ1) is 17.4. The molecule has 1 aromatic heterocycles. The Labute approximate surface area is 215 Å². The molecule has 0 spiro atoms. The standard InChI is InChI=1S/C27H34ClN3O5/c28-19-3-1-2-18(14-19)9-12-36-13-11-31-10-8-21(32)15-20(31)16-29-17-25(34)22-4-6-24(33)27-23(22)5-7-26(35)30-27/h1-7,14,20-21,25,29,32-34H,8-13,15-17H2,(H,30,35)/t20?,21?,25-/m0/s1. The fourth-order valence-electron chi connectivity index (χ4n) is 4.80. The second kappa shape index (κ2) is 12.7. The number of rotatable bonds is 11. The van der Waals surface area contributed by atoms with Crippen molar-refractivity contribution in [3.8, 4) is 5.75 Å². The van der Waals surface area contributed by atoms with Gasteiger partial charge in [0.2, 0.25) is 5.56 Å². The van der Waals surface area contributed by atoms with Crippen LogP contribution in [0.3, 0.4) is 0 Å². The highest BCUT2D eigenvalue weighted by molar-refractivity contribution is 6.30. The molecule has 4 rings (SSSR count). The first-order valence-electron chi connectivity index (χ1n) is 12.4. The molecule has 2 aromatic carbocycles. The molecule has 194 valence electrons. The van der Waals surface area contributed by atoms with Gasteiger partial charge in [-0.15, -0.1) is 0 Å². The Hall–Kier alpha value is -2.46. The van der Waals surface area contributed by atoms with Crippen LogP contribution in [0.4, 0.5) is 0 Å². The number of H-pyrrole nitrogens is 1. The quantitative estimate of drug-likeness (QED) is 0.249. The van der Waals surface area contributed by atoms with Crippen molar-refractivity contribution in [3.05, 3.63) is 75.0 Å². The predicted octanol–water partition coefficient (Wildman–Crippen LogP) is 2.59. The van der Waals surface area contributed by atoms with Crippen molar-refractivity contribution in [2.75, 3.05) is 39.4 Å². The molecule has 1 aliphatic heterocycles. The number of hydrogen-bond donors (Lipinski definition) is 5. The van der Waals surface area contributed by atoms with Crippen LogP contribution in [-0.4, -0.2) is 76.7 Å². The van der Waals surface area contributed by atoms with Gasteiger partial charge in [-0.25, -0.2) is 0 Å². The molecule has 5 N–H and O–H groups in total. The van der Waals surface area contributed by atoms with Crippen LogP contribution in [-0.2, 0) is 11.2 Å². The number of aromatic nitrogens is 1. The van der Waals surface area contributed by atoms with Crippen LogP contribution in [0.25, 0.3) is 10.9 Å². The molecular weight excluding hydrogens is 482 g/mol. The number of phenolic OH excluding ortho intramolecular Hbond substituents is 1. The molecular formula is C27H34ClN3O5. The second-order valence-electron chi connectivity index (χ2n) is 9.32. The Bertz CT molecular complexity index is 1200. The van der Waals surface area contributed by atoms with Crippen molar-refractivity contribution in [1.29, 1.82) is 0 Å². The monoisotopic (exact) mass is 515 g/mol. The molecule has 3 aromatic rings. The van der Waals surface area contributed by atoms with Gasteiger partial charge in [-0.2, -0.15) is 0 Å². The third-order valence-electron chi connectivity index (χ3n) is 6.74. The first-order valence-corrected chi connectivity index (χ1v) is 12.8. The van der Waals surface area contributed by atoms with Gasteiger partial charge in [-0.3, -0.25) is 9.69 Å². The summed E-state index contributed by atoms with van der Waals surface area (Å²) in [4.78, 5) is 16.6. The van der Waals surface area contributed by atoms with E-state index in [4.69, 9.17) is 16.3 Å². The number of aliphatic hydroxyl groups is 2. The van der Waals surface area contributed by atoms with Gasteiger partial charge >= 0.3 is 0 Å². The SMILES string of the molecule is O=c1ccc2c([C@@H](O)CNCC3CC(O)CCN3CCOCCc3cccc(Cl)c3)ccc(O)c2[nH]1. The van der Waals surface area contributed by atoms with Gasteiger partial charge in [0.25, 0.3) is 0 Å². The zero-order valence-electron chi connectivity index (χ0n) is 20.2. The summed E-state index contributed by atoms with van der Waals surface area (Å²) in [5, 5.41) is 35.8. The van der Waals surface area contributed by atoms with Crippen LogP contribution in [0.15, 0.2) is 53.3 Å². The van der Waals surface area contributed by atoms with Crippen LogP contribution >= 0.6 is 11.6 Å². The van der Waals surface area contributed by atoms with E-state index < -0.39 is 6.10 Å². The van der Waals surface area contributed by atoms with Gasteiger partial charge in [-0.05, 0) is 54.7 Å². The van der Waals surface area contributed by atoms with E-state index in [1.165, 1.54) is 12.1 Å². The van der Waals surface area contributed by atoms with Crippen LogP contribution in [0, 0.1) is 0 Å². The van der Waals surface area contributed by atoms with Gasteiger partial charge < -0.3 is 30.4 Å². The molecule has 3 atom stereocenters. The lowest BCUT2D eigenvalue weighted by atomic mass is 9.99. The largest absolute Gasteiger partial charge is 0.506 e. The minimum absolute atomic E-state index is 0.0340. The van der Waals surface area contributed by atoms with Crippen molar-refractivity contribution < 1.29 is 20.1 Å². The molecule has 1 fully saturated rings. The van der Waals surface area contributed by atoms with Gasteiger partial charge in [-0.1, -0.05) is 29.8 Å². The number of phenols is 1. The summed E-state index contributed by atoms with van der Waals surface area (Å²) >= 11 is 6.04. The minimum atomic E-state index is -0.823. The number of nitrogens with one attached hydrogen (secondary N) is 2. The average Bonchev–Trinajstić information content (AvgIpc) is 2.85. The maximum Gasteiger partial charge on any atom is 0.248 e. The number of nitrogens with zero attached hydrogens (tertiary/aromatic N) is 1. The van der Waals surface area contributed by atoms with E-state index >= 15 is 0 Å². The van der Waals surface area contributed by atoms with Crippen molar-refractivity contribution in [1.82, 2.24) is 15.2 Å². The molecule has 9 heteroatoms. The summed E-state index contributed by atoms with van der Waals surface area (Å²) in [6.45, 7) is 3.71. The second-order valence-corrected chi connectivity index (χ2v) is 9.76. The highest BCUT2D eigenvalue weighted by Gasteiger charge is 2.27. The van der Waals surface area contributed by atoms with Crippen LogP contribution in [0.5, 0.6) is 5.75 Å². The lowest BCUT2D eigenvalue weighted by Gasteiger charge is -2.38. The Kier molecular flexibility index (Phi) is 9.36. The molecule has 0 radical (unpaired) electrons. The van der Waals surface area contributed by atoms with Crippen LogP contribution < -0.4 is 10.9 Å². The maximum atomic E-state index is 11.6. The van der Waals surface area contributed by atoms with E-state index in [0.29, 0.717) is 49.2 Å². The number of pyridine rings is 1. The summed E-state index contributed by atoms with van der Waals surface area (Å²) in [5.41, 5.74) is 1.78. The molecule has 0 amide bonds. The highest BCUT2D eigenvalue weighted by Crippen LogP contribution is 2.28. The van der Waals surface area contributed by atoms with Gasteiger partial charge in [0, 0.05) is 48.7 Å². The Morgan fingerprint density at radius 1 is 1.19 bits per heavy atom. The van der Waals surface area contributed by atoms with E-state index in [1.54, 1.807) is 12.1 Å². The van der Waals surface area contributed by atoms with E-state index in [1.807, 2.05) is 24.3 Å².